The second kappa shape index (κ2) is 22.4. The number of hydrogen-bond acceptors (Lipinski definition) is 16. The SMILES string of the molecule is CCC(=O)N1C(=O)CC(CCC[Si]2(C)O[Si](C)(CCCC3CC(=O)N(C(=O)CC)C3=O)O[Si](C)(CCCC3CC(=O)N(C(=O)CC)C3=O)O[Si](C)(CCCC3CC(=O)N(C(=O)CC)C3=O)O2)C1=O. The quantitative estimate of drug-likeness (QED) is 0.118. The normalized spacial score (nSPS) is 31.4. The Bertz CT molecular complexity index is 1810. The van der Waals surface area contributed by atoms with Gasteiger partial charge in [0.05, 0.1) is 0 Å². The van der Waals surface area contributed by atoms with E-state index in [-0.39, 0.29) is 77.0 Å². The van der Waals surface area contributed by atoms with Crippen LogP contribution in [0.2, 0.25) is 50.4 Å². The number of nitrogens with zero attached hydrogens (tertiary/aromatic N) is 4. The van der Waals surface area contributed by atoms with Gasteiger partial charge in [0.25, 0.3) is 0 Å². The Morgan fingerprint density at radius 3 is 0.721 bits per heavy atom. The summed E-state index contributed by atoms with van der Waals surface area (Å²) in [6.45, 7) is 13.9. The molecule has 376 valence electrons. The number of rotatable bonds is 20. The highest BCUT2D eigenvalue weighted by atomic mass is 28.5. The molecular formula is C44H68N4O16Si4. The molecule has 0 spiro atoms. The molecule has 0 N–H and O–H groups in total. The predicted molar refractivity (Wildman–Crippen MR) is 248 cm³/mol. The minimum atomic E-state index is -3.42. The molecule has 24 heteroatoms. The van der Waals surface area contributed by atoms with Crippen LogP contribution in [-0.2, 0) is 74.0 Å². The van der Waals surface area contributed by atoms with E-state index in [4.69, 9.17) is 16.5 Å². The van der Waals surface area contributed by atoms with E-state index in [0.29, 0.717) is 49.9 Å². The van der Waals surface area contributed by atoms with Crippen molar-refractivity contribution in [3.8, 4) is 0 Å². The maximum Gasteiger partial charge on any atom is 0.317 e. The zero-order valence-corrected chi connectivity index (χ0v) is 44.8. The number of hydrogen-bond donors (Lipinski definition) is 0. The molecule has 0 aromatic rings. The highest BCUT2D eigenvalue weighted by Crippen LogP contribution is 2.42. The second-order valence-electron chi connectivity index (χ2n) is 19.4. The molecule has 68 heavy (non-hydrogen) atoms. The Hall–Kier alpha value is -4.05. The Morgan fingerprint density at radius 2 is 0.559 bits per heavy atom. The van der Waals surface area contributed by atoms with E-state index in [1.54, 1.807) is 27.7 Å². The molecule has 5 aliphatic heterocycles. The third-order valence-electron chi connectivity index (χ3n) is 13.6. The highest BCUT2D eigenvalue weighted by Gasteiger charge is 2.57. The van der Waals surface area contributed by atoms with Crippen molar-refractivity contribution in [1.29, 1.82) is 0 Å². The summed E-state index contributed by atoms with van der Waals surface area (Å²) < 4.78 is 29.1. The molecule has 4 atom stereocenters. The molecule has 0 aromatic carbocycles. The minimum Gasteiger partial charge on any atom is -0.416 e. The fourth-order valence-corrected chi connectivity index (χ4v) is 33.8. The maximum atomic E-state index is 13.2. The summed E-state index contributed by atoms with van der Waals surface area (Å²) in [6, 6.07) is 1.34. The molecule has 0 radical (unpaired) electrons. The molecule has 20 nitrogen and oxygen atoms in total. The van der Waals surface area contributed by atoms with Crippen LogP contribution in [0.4, 0.5) is 0 Å². The number of carbonyl (C=O) groups excluding carboxylic acids is 12. The second-order valence-corrected chi connectivity index (χ2v) is 33.7. The molecule has 12 amide bonds. The van der Waals surface area contributed by atoms with Gasteiger partial charge in [0, 0.05) is 75.0 Å². The lowest BCUT2D eigenvalue weighted by Crippen LogP contribution is -2.67. The molecule has 5 fully saturated rings. The highest BCUT2D eigenvalue weighted by molar-refractivity contribution is 6.93. The molecule has 5 heterocycles. The van der Waals surface area contributed by atoms with Gasteiger partial charge in [0.15, 0.2) is 0 Å². The average Bonchev–Trinajstić information content (AvgIpc) is 3.91. The van der Waals surface area contributed by atoms with Crippen LogP contribution in [0.3, 0.4) is 0 Å². The summed E-state index contributed by atoms with van der Waals surface area (Å²) >= 11 is 0. The number of carbonyl (C=O) groups is 12. The van der Waals surface area contributed by atoms with Gasteiger partial charge in [0.1, 0.15) is 0 Å². The van der Waals surface area contributed by atoms with Gasteiger partial charge in [-0.3, -0.25) is 57.5 Å². The van der Waals surface area contributed by atoms with Gasteiger partial charge >= 0.3 is 34.2 Å². The van der Waals surface area contributed by atoms with Crippen molar-refractivity contribution in [2.75, 3.05) is 0 Å². The predicted octanol–water partition coefficient (Wildman–Crippen LogP) is 4.72. The van der Waals surface area contributed by atoms with E-state index in [0.717, 1.165) is 19.6 Å². The first-order chi connectivity index (χ1) is 31.9. The van der Waals surface area contributed by atoms with Crippen molar-refractivity contribution in [2.24, 2.45) is 23.7 Å². The van der Waals surface area contributed by atoms with Crippen molar-refractivity contribution in [2.45, 2.75) is 181 Å². The lowest BCUT2D eigenvalue weighted by Gasteiger charge is -2.50. The van der Waals surface area contributed by atoms with Crippen molar-refractivity contribution >= 4 is 105 Å². The van der Waals surface area contributed by atoms with Crippen LogP contribution in [0.1, 0.15) is 130 Å². The Labute approximate surface area is 401 Å². The van der Waals surface area contributed by atoms with E-state index in [2.05, 4.69) is 0 Å². The molecule has 5 saturated heterocycles. The molecule has 4 unspecified atom stereocenters. The van der Waals surface area contributed by atoms with Gasteiger partial charge in [-0.05, 0) is 76.0 Å². The number of amides is 12. The van der Waals surface area contributed by atoms with E-state index in [9.17, 15) is 57.5 Å². The smallest absolute Gasteiger partial charge is 0.317 e. The fraction of sp³-hybridized carbons (Fsp3) is 0.727. The molecule has 5 rings (SSSR count). The first-order valence-corrected chi connectivity index (χ1v) is 34.4. The lowest BCUT2D eigenvalue weighted by atomic mass is 10.0. The van der Waals surface area contributed by atoms with Crippen molar-refractivity contribution < 1.29 is 74.0 Å². The van der Waals surface area contributed by atoms with Gasteiger partial charge in [0.2, 0.25) is 70.9 Å². The number of imide groups is 12. The van der Waals surface area contributed by atoms with Gasteiger partial charge in [-0.2, -0.15) is 0 Å². The van der Waals surface area contributed by atoms with Crippen molar-refractivity contribution in [1.82, 2.24) is 19.6 Å². The Balaban J connectivity index is 1.42. The Morgan fingerprint density at radius 1 is 0.382 bits per heavy atom. The third kappa shape index (κ3) is 12.5. The molecule has 5 aliphatic rings. The summed E-state index contributed by atoms with van der Waals surface area (Å²) in [4.78, 5) is 157. The summed E-state index contributed by atoms with van der Waals surface area (Å²) in [7, 11) is -13.7. The van der Waals surface area contributed by atoms with Crippen LogP contribution < -0.4 is 0 Å². The molecule has 0 aromatic heterocycles. The molecule has 0 aliphatic carbocycles. The zero-order chi connectivity index (χ0) is 50.5. The monoisotopic (exact) mass is 1020 g/mol. The molecule has 0 saturated carbocycles. The maximum absolute atomic E-state index is 13.2. The largest absolute Gasteiger partial charge is 0.416 e. The van der Waals surface area contributed by atoms with E-state index >= 15 is 0 Å². The third-order valence-corrected chi connectivity index (χ3v) is 32.5. The molecular weight excluding hydrogens is 953 g/mol. The van der Waals surface area contributed by atoms with E-state index < -0.39 is 129 Å². The van der Waals surface area contributed by atoms with Crippen LogP contribution in [0.15, 0.2) is 0 Å². The van der Waals surface area contributed by atoms with Crippen LogP contribution in [-0.4, -0.2) is 125 Å². The summed E-state index contributed by atoms with van der Waals surface area (Å²) in [5.41, 5.74) is 0. The van der Waals surface area contributed by atoms with E-state index in [1.807, 2.05) is 26.2 Å². The number of likely N-dealkylation sites (tertiary alicyclic amines) is 4. The van der Waals surface area contributed by atoms with Crippen LogP contribution in [0, 0.1) is 23.7 Å². The zero-order valence-electron chi connectivity index (χ0n) is 40.8. The van der Waals surface area contributed by atoms with Crippen LogP contribution >= 0.6 is 0 Å². The standard InChI is InChI=1S/C44H68N4O16Si4/c1-9-33(49)45-37(53)25-29(41(45)57)17-13-21-65(5)61-66(6,22-14-18-30-26-38(54)46(42(30)58)34(50)10-2)63-68(8,24-16-20-32-28-40(56)48(44(32)60)36(52)12-4)64-67(7,62-65)23-15-19-31-27-39(55)47(43(31)59)35(51)11-3/h29-32H,9-28H2,1-8H3. The summed E-state index contributed by atoms with van der Waals surface area (Å²) in [6.07, 6.45) is 2.27. The van der Waals surface area contributed by atoms with Gasteiger partial charge in [-0.1, -0.05) is 53.4 Å². The van der Waals surface area contributed by atoms with Crippen LogP contribution in [0.25, 0.3) is 0 Å². The van der Waals surface area contributed by atoms with Crippen LogP contribution in [0.5, 0.6) is 0 Å². The molecule has 0 bridgehead atoms. The summed E-state index contributed by atoms with van der Waals surface area (Å²) in [5.74, 6) is -9.33. The van der Waals surface area contributed by atoms with E-state index in [1.165, 1.54) is 0 Å². The van der Waals surface area contributed by atoms with Gasteiger partial charge in [-0.15, -0.1) is 0 Å². The van der Waals surface area contributed by atoms with Gasteiger partial charge < -0.3 is 16.5 Å². The first-order valence-electron chi connectivity index (χ1n) is 24.3. The topological polar surface area (TPSA) is 255 Å². The fourth-order valence-electron chi connectivity index (χ4n) is 10.4. The minimum absolute atomic E-state index is 0.00312. The summed E-state index contributed by atoms with van der Waals surface area (Å²) in [5, 5.41) is 0. The van der Waals surface area contributed by atoms with Gasteiger partial charge in [-0.25, -0.2) is 19.6 Å². The van der Waals surface area contributed by atoms with Crippen molar-refractivity contribution in [3.63, 3.8) is 0 Å². The Kier molecular flexibility index (Phi) is 18.0. The average molecular weight is 1020 g/mol. The van der Waals surface area contributed by atoms with Crippen molar-refractivity contribution in [3.05, 3.63) is 0 Å². The first kappa shape index (κ1) is 54.9. The lowest BCUT2D eigenvalue weighted by molar-refractivity contribution is -0.152.